The number of rotatable bonds is 5. The van der Waals surface area contributed by atoms with Crippen molar-refractivity contribution in [1.29, 1.82) is 0 Å². The Labute approximate surface area is 168 Å². The first-order chi connectivity index (χ1) is 12.9. The van der Waals surface area contributed by atoms with Gasteiger partial charge in [-0.05, 0) is 37.6 Å². The number of benzene rings is 2. The summed E-state index contributed by atoms with van der Waals surface area (Å²) in [5, 5.41) is 13.7. The number of furan rings is 1. The summed E-state index contributed by atoms with van der Waals surface area (Å²) in [6.07, 6.45) is 1.12. The molecule has 3 aromatic rings. The average Bonchev–Trinajstić information content (AvgIpc) is 2.99. The van der Waals surface area contributed by atoms with Crippen LogP contribution in [0.15, 0.2) is 51.8 Å². The summed E-state index contributed by atoms with van der Waals surface area (Å²) in [6, 6.07) is 11.4. The minimum Gasteiger partial charge on any atom is -0.458 e. The Hall–Kier alpha value is -2.35. The summed E-state index contributed by atoms with van der Waals surface area (Å²) < 4.78 is 30.1. The maximum atomic E-state index is 12.4. The van der Waals surface area contributed by atoms with Crippen molar-refractivity contribution in [2.45, 2.75) is 30.8 Å². The second kappa shape index (κ2) is 7.24. The standard InChI is InChI=1S/C20H20ClNO5S/c1-20(2,24)18-11-14-16(27-18)9-13(10-17(14)28(3,25)26)22-19(23)8-12-6-4-5-7-15(12)21/h4-7,9-11,24H,8H2,1-3H3,(H,22,23). The van der Waals surface area contributed by atoms with Crippen LogP contribution in [0.1, 0.15) is 25.2 Å². The maximum Gasteiger partial charge on any atom is 0.228 e. The van der Waals surface area contributed by atoms with Gasteiger partial charge in [0, 0.05) is 28.4 Å². The Morgan fingerprint density at radius 2 is 1.89 bits per heavy atom. The lowest BCUT2D eigenvalue weighted by atomic mass is 10.1. The molecular formula is C20H20ClNO5S. The molecule has 0 bridgehead atoms. The number of aliphatic hydroxyl groups is 1. The molecule has 0 radical (unpaired) electrons. The molecule has 0 fully saturated rings. The minimum absolute atomic E-state index is 0.0114. The van der Waals surface area contributed by atoms with Crippen LogP contribution < -0.4 is 5.32 Å². The maximum absolute atomic E-state index is 12.4. The van der Waals surface area contributed by atoms with E-state index >= 15 is 0 Å². The van der Waals surface area contributed by atoms with E-state index < -0.39 is 15.4 Å². The molecule has 6 nitrogen and oxygen atoms in total. The highest BCUT2D eigenvalue weighted by Crippen LogP contribution is 2.34. The first-order valence-electron chi connectivity index (χ1n) is 8.49. The van der Waals surface area contributed by atoms with Crippen LogP contribution in [0, 0.1) is 0 Å². The van der Waals surface area contributed by atoms with Crippen molar-refractivity contribution in [2.75, 3.05) is 11.6 Å². The molecule has 8 heteroatoms. The first-order valence-corrected chi connectivity index (χ1v) is 10.8. The summed E-state index contributed by atoms with van der Waals surface area (Å²) in [6.45, 7) is 3.08. The van der Waals surface area contributed by atoms with Crippen LogP contribution in [0.2, 0.25) is 5.02 Å². The summed E-state index contributed by atoms with van der Waals surface area (Å²) in [5.41, 5.74) is -0.0792. The Bertz CT molecular complexity index is 1160. The number of hydrogen-bond donors (Lipinski definition) is 2. The van der Waals surface area contributed by atoms with Crippen LogP contribution >= 0.6 is 11.6 Å². The van der Waals surface area contributed by atoms with Crippen molar-refractivity contribution < 1.29 is 22.7 Å². The zero-order chi connectivity index (χ0) is 20.7. The van der Waals surface area contributed by atoms with Crippen molar-refractivity contribution in [3.8, 4) is 0 Å². The smallest absolute Gasteiger partial charge is 0.228 e. The van der Waals surface area contributed by atoms with Crippen LogP contribution in [-0.2, 0) is 26.7 Å². The number of halogens is 1. The Balaban J connectivity index is 1.99. The Kier molecular flexibility index (Phi) is 5.27. The van der Waals surface area contributed by atoms with E-state index in [2.05, 4.69) is 5.32 Å². The molecule has 0 spiro atoms. The van der Waals surface area contributed by atoms with E-state index in [0.717, 1.165) is 6.26 Å². The highest BCUT2D eigenvalue weighted by molar-refractivity contribution is 7.91. The number of carbonyl (C=O) groups is 1. The fourth-order valence-corrected chi connectivity index (χ4v) is 3.91. The molecular weight excluding hydrogens is 402 g/mol. The van der Waals surface area contributed by atoms with Crippen molar-refractivity contribution in [2.24, 2.45) is 0 Å². The van der Waals surface area contributed by atoms with E-state index in [9.17, 15) is 18.3 Å². The molecule has 0 saturated carbocycles. The van der Waals surface area contributed by atoms with Gasteiger partial charge in [-0.2, -0.15) is 0 Å². The minimum atomic E-state index is -3.60. The van der Waals surface area contributed by atoms with Gasteiger partial charge in [0.05, 0.1) is 11.3 Å². The molecule has 0 saturated heterocycles. The molecule has 1 amide bonds. The van der Waals surface area contributed by atoms with Crippen molar-refractivity contribution in [3.05, 3.63) is 58.8 Å². The fraction of sp³-hybridized carbons (Fsp3) is 0.250. The molecule has 0 unspecified atom stereocenters. The molecule has 148 valence electrons. The quantitative estimate of drug-likeness (QED) is 0.651. The largest absolute Gasteiger partial charge is 0.458 e. The first kappa shape index (κ1) is 20.4. The predicted octanol–water partition coefficient (Wildman–Crippen LogP) is 3.90. The molecule has 3 rings (SSSR count). The van der Waals surface area contributed by atoms with Crippen LogP contribution in [0.3, 0.4) is 0 Å². The van der Waals surface area contributed by atoms with Gasteiger partial charge < -0.3 is 14.8 Å². The molecule has 1 heterocycles. The van der Waals surface area contributed by atoms with E-state index in [1.54, 1.807) is 24.3 Å². The molecule has 0 atom stereocenters. The Morgan fingerprint density at radius 3 is 2.50 bits per heavy atom. The predicted molar refractivity (Wildman–Crippen MR) is 108 cm³/mol. The SMILES string of the molecule is CC(C)(O)c1cc2c(S(C)(=O)=O)cc(NC(=O)Cc3ccccc3Cl)cc2o1. The molecule has 0 aliphatic rings. The van der Waals surface area contributed by atoms with Gasteiger partial charge in [0.25, 0.3) is 0 Å². The average molecular weight is 422 g/mol. The lowest BCUT2D eigenvalue weighted by Gasteiger charge is -2.12. The van der Waals surface area contributed by atoms with E-state index in [1.165, 1.54) is 32.0 Å². The second-order valence-corrected chi connectivity index (χ2v) is 9.54. The third kappa shape index (κ3) is 4.38. The van der Waals surface area contributed by atoms with Gasteiger partial charge in [-0.25, -0.2) is 8.42 Å². The van der Waals surface area contributed by atoms with E-state index in [0.29, 0.717) is 16.0 Å². The van der Waals surface area contributed by atoms with Crippen molar-refractivity contribution in [1.82, 2.24) is 0 Å². The van der Waals surface area contributed by atoms with Gasteiger partial charge in [0.1, 0.15) is 16.9 Å². The molecule has 1 aromatic heterocycles. The van der Waals surface area contributed by atoms with E-state index in [-0.39, 0.29) is 34.3 Å². The summed E-state index contributed by atoms with van der Waals surface area (Å²) in [4.78, 5) is 12.4. The van der Waals surface area contributed by atoms with Gasteiger partial charge in [-0.1, -0.05) is 29.8 Å². The number of fused-ring (bicyclic) bond motifs is 1. The fourth-order valence-electron chi connectivity index (χ4n) is 2.81. The Morgan fingerprint density at radius 1 is 1.21 bits per heavy atom. The monoisotopic (exact) mass is 421 g/mol. The lowest BCUT2D eigenvalue weighted by molar-refractivity contribution is -0.115. The van der Waals surface area contributed by atoms with E-state index in [1.807, 2.05) is 0 Å². The van der Waals surface area contributed by atoms with Crippen LogP contribution in [0.4, 0.5) is 5.69 Å². The summed E-state index contributed by atoms with van der Waals surface area (Å²) in [7, 11) is -3.60. The number of anilines is 1. The van der Waals surface area contributed by atoms with Gasteiger partial charge in [-0.3, -0.25) is 4.79 Å². The number of hydrogen-bond acceptors (Lipinski definition) is 5. The van der Waals surface area contributed by atoms with Gasteiger partial charge in [-0.15, -0.1) is 0 Å². The zero-order valence-corrected chi connectivity index (χ0v) is 17.2. The second-order valence-electron chi connectivity index (χ2n) is 7.14. The highest BCUT2D eigenvalue weighted by atomic mass is 35.5. The molecule has 2 aromatic carbocycles. The summed E-state index contributed by atoms with van der Waals surface area (Å²) in [5.74, 6) is -0.117. The molecule has 0 aliphatic heterocycles. The van der Waals surface area contributed by atoms with Crippen LogP contribution in [0.25, 0.3) is 11.0 Å². The normalized spacial score (nSPS) is 12.3. The lowest BCUT2D eigenvalue weighted by Crippen LogP contribution is -2.15. The van der Waals surface area contributed by atoms with Gasteiger partial charge >= 0.3 is 0 Å². The number of carbonyl (C=O) groups excluding carboxylic acids is 1. The number of sulfone groups is 1. The molecule has 0 aliphatic carbocycles. The molecule has 28 heavy (non-hydrogen) atoms. The zero-order valence-electron chi connectivity index (χ0n) is 15.6. The van der Waals surface area contributed by atoms with Gasteiger partial charge in [0.15, 0.2) is 9.84 Å². The topological polar surface area (TPSA) is 96.6 Å². The number of nitrogens with one attached hydrogen (secondary N) is 1. The van der Waals surface area contributed by atoms with Crippen LogP contribution in [-0.4, -0.2) is 25.7 Å². The third-order valence-electron chi connectivity index (χ3n) is 4.19. The third-order valence-corrected chi connectivity index (χ3v) is 5.70. The number of amides is 1. The van der Waals surface area contributed by atoms with E-state index in [4.69, 9.17) is 16.0 Å². The van der Waals surface area contributed by atoms with Crippen molar-refractivity contribution >= 4 is 44.0 Å². The summed E-state index contributed by atoms with van der Waals surface area (Å²) >= 11 is 6.08. The highest BCUT2D eigenvalue weighted by Gasteiger charge is 2.25. The van der Waals surface area contributed by atoms with Gasteiger partial charge in [0.2, 0.25) is 5.91 Å². The van der Waals surface area contributed by atoms with Crippen LogP contribution in [0.5, 0.6) is 0 Å². The van der Waals surface area contributed by atoms with Crippen molar-refractivity contribution in [3.63, 3.8) is 0 Å². The molecule has 2 N–H and O–H groups in total.